The first-order valence-corrected chi connectivity index (χ1v) is 6.17. The van der Waals surface area contributed by atoms with Gasteiger partial charge in [-0.3, -0.25) is 4.79 Å². The summed E-state index contributed by atoms with van der Waals surface area (Å²) in [7, 11) is 0. The van der Waals surface area contributed by atoms with Crippen molar-refractivity contribution >= 4 is 23.3 Å². The summed E-state index contributed by atoms with van der Waals surface area (Å²) in [5.41, 5.74) is 6.54. The van der Waals surface area contributed by atoms with Gasteiger partial charge >= 0.3 is 5.97 Å². The van der Waals surface area contributed by atoms with E-state index in [1.807, 2.05) is 6.07 Å². The Morgan fingerprint density at radius 2 is 1.86 bits per heavy atom. The number of carbonyl (C=O) groups excluding carboxylic acids is 1. The van der Waals surface area contributed by atoms with E-state index in [0.29, 0.717) is 11.4 Å². The molecular formula is C15H14N2O4. The molecule has 0 spiro atoms. The van der Waals surface area contributed by atoms with Crippen LogP contribution in [0.2, 0.25) is 0 Å². The van der Waals surface area contributed by atoms with Gasteiger partial charge in [-0.2, -0.15) is 0 Å². The highest BCUT2D eigenvalue weighted by Crippen LogP contribution is 2.21. The number of ether oxygens (including phenoxy) is 1. The molecule has 0 radical (unpaired) electrons. The van der Waals surface area contributed by atoms with E-state index in [-0.39, 0.29) is 23.8 Å². The molecule has 0 bridgehead atoms. The third-order valence-electron chi connectivity index (χ3n) is 2.65. The summed E-state index contributed by atoms with van der Waals surface area (Å²) in [4.78, 5) is 22.8. The number of rotatable bonds is 5. The first-order valence-electron chi connectivity index (χ1n) is 6.17. The normalized spacial score (nSPS) is 9.90. The predicted octanol–water partition coefficient (Wildman–Crippen LogP) is 1.98. The lowest BCUT2D eigenvalue weighted by Gasteiger charge is -2.10. The highest BCUT2D eigenvalue weighted by Gasteiger charge is 2.13. The number of amides is 1. The van der Waals surface area contributed by atoms with Crippen LogP contribution in [0.4, 0.5) is 11.4 Å². The molecule has 2 aromatic carbocycles. The fourth-order valence-electron chi connectivity index (χ4n) is 1.70. The van der Waals surface area contributed by atoms with E-state index >= 15 is 0 Å². The minimum absolute atomic E-state index is 0.0447. The number of nitrogens with two attached hydrogens (primary N) is 1. The molecule has 0 saturated heterocycles. The Labute approximate surface area is 121 Å². The molecule has 0 unspecified atom stereocenters. The lowest BCUT2D eigenvalue weighted by molar-refractivity contribution is -0.118. The van der Waals surface area contributed by atoms with Crippen LogP contribution in [-0.4, -0.2) is 23.6 Å². The van der Waals surface area contributed by atoms with Crippen molar-refractivity contribution in [1.29, 1.82) is 0 Å². The maximum Gasteiger partial charge on any atom is 0.339 e. The summed E-state index contributed by atoms with van der Waals surface area (Å²) in [6.07, 6.45) is 0. The minimum atomic E-state index is -1.14. The van der Waals surface area contributed by atoms with Gasteiger partial charge in [0.1, 0.15) is 11.3 Å². The predicted molar refractivity (Wildman–Crippen MR) is 78.4 cm³/mol. The zero-order valence-corrected chi connectivity index (χ0v) is 11.1. The summed E-state index contributed by atoms with van der Waals surface area (Å²) in [6.45, 7) is -0.307. The SMILES string of the molecule is Nc1ccc(C(=O)O)c(OCC(=O)Nc2ccccc2)c1. The van der Waals surface area contributed by atoms with Crippen LogP contribution < -0.4 is 15.8 Å². The van der Waals surface area contributed by atoms with Gasteiger partial charge < -0.3 is 20.9 Å². The number of para-hydroxylation sites is 1. The van der Waals surface area contributed by atoms with Crippen molar-refractivity contribution < 1.29 is 19.4 Å². The van der Waals surface area contributed by atoms with Gasteiger partial charge in [0.2, 0.25) is 0 Å². The molecule has 4 N–H and O–H groups in total. The highest BCUT2D eigenvalue weighted by molar-refractivity contribution is 5.93. The van der Waals surface area contributed by atoms with Crippen molar-refractivity contribution in [3.63, 3.8) is 0 Å². The molecule has 21 heavy (non-hydrogen) atoms. The summed E-state index contributed by atoms with van der Waals surface area (Å²) < 4.78 is 5.24. The van der Waals surface area contributed by atoms with Gasteiger partial charge in [-0.1, -0.05) is 18.2 Å². The second-order valence-electron chi connectivity index (χ2n) is 4.26. The summed E-state index contributed by atoms with van der Waals surface area (Å²) in [6, 6.07) is 13.1. The molecule has 0 heterocycles. The van der Waals surface area contributed by atoms with Crippen LogP contribution in [0.1, 0.15) is 10.4 Å². The maximum absolute atomic E-state index is 11.7. The van der Waals surface area contributed by atoms with Crippen molar-refractivity contribution in [2.75, 3.05) is 17.7 Å². The van der Waals surface area contributed by atoms with Crippen LogP contribution in [0.25, 0.3) is 0 Å². The number of nitrogens with one attached hydrogen (secondary N) is 1. The van der Waals surface area contributed by atoms with Crippen LogP contribution in [0.15, 0.2) is 48.5 Å². The Bertz CT molecular complexity index is 656. The Hall–Kier alpha value is -3.02. The number of carbonyl (C=O) groups is 2. The van der Waals surface area contributed by atoms with Gasteiger partial charge in [0.15, 0.2) is 6.61 Å². The van der Waals surface area contributed by atoms with Crippen molar-refractivity contribution in [3.8, 4) is 5.75 Å². The molecule has 108 valence electrons. The number of hydrogen-bond acceptors (Lipinski definition) is 4. The molecule has 0 saturated carbocycles. The van der Waals surface area contributed by atoms with Gasteiger partial charge in [0.25, 0.3) is 5.91 Å². The Kier molecular flexibility index (Phi) is 4.40. The third-order valence-corrected chi connectivity index (χ3v) is 2.65. The number of benzene rings is 2. The zero-order chi connectivity index (χ0) is 15.2. The van der Waals surface area contributed by atoms with E-state index < -0.39 is 5.97 Å². The summed E-state index contributed by atoms with van der Waals surface area (Å²) >= 11 is 0. The van der Waals surface area contributed by atoms with Crippen molar-refractivity contribution in [2.24, 2.45) is 0 Å². The average Bonchev–Trinajstić information content (AvgIpc) is 2.46. The Balaban J connectivity index is 2.01. The second kappa shape index (κ2) is 6.42. The molecule has 0 aliphatic rings. The quantitative estimate of drug-likeness (QED) is 0.729. The van der Waals surface area contributed by atoms with E-state index in [9.17, 15) is 9.59 Å². The van der Waals surface area contributed by atoms with Crippen LogP contribution in [0.3, 0.4) is 0 Å². The molecule has 0 aliphatic carbocycles. The smallest absolute Gasteiger partial charge is 0.339 e. The minimum Gasteiger partial charge on any atom is -0.483 e. The molecular weight excluding hydrogens is 272 g/mol. The van der Waals surface area contributed by atoms with Crippen LogP contribution in [0.5, 0.6) is 5.75 Å². The fourth-order valence-corrected chi connectivity index (χ4v) is 1.70. The number of hydrogen-bond donors (Lipinski definition) is 3. The molecule has 0 aromatic heterocycles. The average molecular weight is 286 g/mol. The summed E-state index contributed by atoms with van der Waals surface area (Å²) in [5.74, 6) is -1.47. The van der Waals surface area contributed by atoms with E-state index in [2.05, 4.69) is 5.32 Å². The topological polar surface area (TPSA) is 102 Å². The molecule has 6 nitrogen and oxygen atoms in total. The summed E-state index contributed by atoms with van der Waals surface area (Å²) in [5, 5.41) is 11.7. The Morgan fingerprint density at radius 1 is 1.14 bits per heavy atom. The first kappa shape index (κ1) is 14.4. The standard InChI is InChI=1S/C15H14N2O4/c16-10-6-7-12(15(19)20)13(8-10)21-9-14(18)17-11-4-2-1-3-5-11/h1-8H,9,16H2,(H,17,18)(H,19,20). The van der Waals surface area contributed by atoms with Crippen molar-refractivity contribution in [3.05, 3.63) is 54.1 Å². The number of carboxylic acid groups (broad SMARTS) is 1. The van der Waals surface area contributed by atoms with Crippen molar-refractivity contribution in [1.82, 2.24) is 0 Å². The number of aromatic carboxylic acids is 1. The van der Waals surface area contributed by atoms with E-state index in [1.165, 1.54) is 18.2 Å². The van der Waals surface area contributed by atoms with Crippen LogP contribution in [0, 0.1) is 0 Å². The first-order chi connectivity index (χ1) is 10.1. The van der Waals surface area contributed by atoms with Crippen molar-refractivity contribution in [2.45, 2.75) is 0 Å². The lowest BCUT2D eigenvalue weighted by atomic mass is 10.2. The fraction of sp³-hybridized carbons (Fsp3) is 0.0667. The van der Waals surface area contributed by atoms with Crippen LogP contribution in [-0.2, 0) is 4.79 Å². The number of anilines is 2. The Morgan fingerprint density at radius 3 is 2.52 bits per heavy atom. The van der Waals surface area contributed by atoms with E-state index in [0.717, 1.165) is 0 Å². The highest BCUT2D eigenvalue weighted by atomic mass is 16.5. The molecule has 1 amide bonds. The van der Waals surface area contributed by atoms with Gasteiger partial charge in [0, 0.05) is 17.4 Å². The van der Waals surface area contributed by atoms with Crippen LogP contribution >= 0.6 is 0 Å². The molecule has 0 fully saturated rings. The van der Waals surface area contributed by atoms with Gasteiger partial charge in [-0.15, -0.1) is 0 Å². The number of nitrogen functional groups attached to an aromatic ring is 1. The monoisotopic (exact) mass is 286 g/mol. The van der Waals surface area contributed by atoms with Gasteiger partial charge in [0.05, 0.1) is 0 Å². The van der Waals surface area contributed by atoms with Gasteiger partial charge in [-0.25, -0.2) is 4.79 Å². The molecule has 2 rings (SSSR count). The molecule has 0 atom stereocenters. The second-order valence-corrected chi connectivity index (χ2v) is 4.26. The lowest BCUT2D eigenvalue weighted by Crippen LogP contribution is -2.20. The number of carboxylic acids is 1. The zero-order valence-electron chi connectivity index (χ0n) is 11.1. The van der Waals surface area contributed by atoms with Gasteiger partial charge in [-0.05, 0) is 24.3 Å². The maximum atomic E-state index is 11.7. The molecule has 6 heteroatoms. The van der Waals surface area contributed by atoms with E-state index in [1.54, 1.807) is 24.3 Å². The molecule has 2 aromatic rings. The third kappa shape index (κ3) is 3.97. The van der Waals surface area contributed by atoms with E-state index in [4.69, 9.17) is 15.6 Å². The largest absolute Gasteiger partial charge is 0.483 e. The molecule has 0 aliphatic heterocycles.